The number of thiazole rings is 1. The Labute approximate surface area is 191 Å². The molecule has 5 heteroatoms. The average molecular weight is 440 g/mol. The van der Waals surface area contributed by atoms with Crippen LogP contribution in [-0.4, -0.2) is 16.7 Å². The van der Waals surface area contributed by atoms with Crippen molar-refractivity contribution < 1.29 is 4.74 Å². The molecule has 3 aromatic carbocycles. The highest BCUT2D eigenvalue weighted by atomic mass is 32.1. The van der Waals surface area contributed by atoms with Gasteiger partial charge in [0.25, 0.3) is 0 Å². The van der Waals surface area contributed by atoms with Gasteiger partial charge >= 0.3 is 0 Å². The summed E-state index contributed by atoms with van der Waals surface area (Å²) in [5.74, 6) is 0.860. The van der Waals surface area contributed by atoms with Gasteiger partial charge in [-0.2, -0.15) is 0 Å². The molecule has 0 saturated carbocycles. The molecule has 2 aromatic heterocycles. The van der Waals surface area contributed by atoms with Crippen LogP contribution in [0.2, 0.25) is 0 Å². The summed E-state index contributed by atoms with van der Waals surface area (Å²) in [5.41, 5.74) is 7.08. The van der Waals surface area contributed by atoms with Gasteiger partial charge in [0.1, 0.15) is 5.75 Å². The van der Waals surface area contributed by atoms with Gasteiger partial charge < -0.3 is 14.3 Å². The van der Waals surface area contributed by atoms with E-state index in [9.17, 15) is 0 Å². The first kappa shape index (κ1) is 20.3. The van der Waals surface area contributed by atoms with Gasteiger partial charge in [0, 0.05) is 29.0 Å². The Bertz CT molecular complexity index is 1410. The zero-order chi connectivity index (χ0) is 21.9. The highest BCUT2D eigenvalue weighted by Crippen LogP contribution is 2.25. The number of aryl methyl sites for hydroxylation is 2. The number of aromatic amines is 1. The summed E-state index contributed by atoms with van der Waals surface area (Å²) in [4.78, 5) is 9.36. The van der Waals surface area contributed by atoms with Crippen LogP contribution in [0.5, 0.6) is 5.75 Å². The predicted molar refractivity (Wildman–Crippen MR) is 133 cm³/mol. The fraction of sp³-hybridized carbons (Fsp3) is 0.148. The van der Waals surface area contributed by atoms with E-state index in [-0.39, 0.29) is 0 Å². The lowest BCUT2D eigenvalue weighted by Gasteiger charge is -2.10. The van der Waals surface area contributed by atoms with Crippen LogP contribution >= 0.6 is 11.3 Å². The molecule has 0 fully saturated rings. The average Bonchev–Trinajstić information content (AvgIpc) is 3.42. The normalized spacial score (nSPS) is 11.9. The Morgan fingerprint density at radius 1 is 1.00 bits per heavy atom. The summed E-state index contributed by atoms with van der Waals surface area (Å²) in [7, 11) is 1.69. The van der Waals surface area contributed by atoms with Crippen molar-refractivity contribution in [2.24, 2.45) is 4.99 Å². The Morgan fingerprint density at radius 2 is 1.81 bits per heavy atom. The standard InChI is InChI=1S/C27H25N3OS/c1-19-8-13-25-24(16-19)21(17-28-25)14-15-30-26(20-9-11-23(31-2)12-10-20)18-32-27(30)29-22-6-4-3-5-7-22/h3-13,16-18,28H,14-15H2,1-2H3. The Hall–Kier alpha value is -3.57. The number of hydrogen-bond acceptors (Lipinski definition) is 3. The van der Waals surface area contributed by atoms with Gasteiger partial charge in [0.15, 0.2) is 4.80 Å². The molecular weight excluding hydrogens is 414 g/mol. The van der Waals surface area contributed by atoms with E-state index in [1.165, 1.54) is 27.7 Å². The molecule has 0 spiro atoms. The van der Waals surface area contributed by atoms with Crippen LogP contribution in [0.25, 0.3) is 22.2 Å². The van der Waals surface area contributed by atoms with Gasteiger partial charge in [-0.1, -0.05) is 29.8 Å². The van der Waals surface area contributed by atoms with Crippen molar-refractivity contribution in [1.82, 2.24) is 9.55 Å². The van der Waals surface area contributed by atoms with Crippen LogP contribution in [0, 0.1) is 6.92 Å². The number of fused-ring (bicyclic) bond motifs is 1. The van der Waals surface area contributed by atoms with Gasteiger partial charge in [-0.05, 0) is 73.0 Å². The zero-order valence-electron chi connectivity index (χ0n) is 18.2. The van der Waals surface area contributed by atoms with Crippen molar-refractivity contribution in [3.05, 3.63) is 100 Å². The highest BCUT2D eigenvalue weighted by molar-refractivity contribution is 7.07. The number of H-pyrrole nitrogens is 1. The maximum absolute atomic E-state index is 5.34. The summed E-state index contributed by atoms with van der Waals surface area (Å²) in [5, 5.41) is 3.50. The second-order valence-electron chi connectivity index (χ2n) is 7.84. The van der Waals surface area contributed by atoms with Crippen molar-refractivity contribution >= 4 is 27.9 Å². The Morgan fingerprint density at radius 3 is 2.59 bits per heavy atom. The quantitative estimate of drug-likeness (QED) is 0.323. The third-order valence-electron chi connectivity index (χ3n) is 5.69. The number of nitrogens with one attached hydrogen (secondary N) is 1. The van der Waals surface area contributed by atoms with E-state index in [4.69, 9.17) is 9.73 Å². The van der Waals surface area contributed by atoms with Crippen LogP contribution in [0.1, 0.15) is 11.1 Å². The molecule has 2 heterocycles. The minimum Gasteiger partial charge on any atom is -0.497 e. The molecule has 4 nitrogen and oxygen atoms in total. The minimum absolute atomic E-state index is 0.845. The molecule has 0 saturated heterocycles. The number of ether oxygens (including phenoxy) is 1. The Kier molecular flexibility index (Phi) is 5.65. The van der Waals surface area contributed by atoms with E-state index in [0.717, 1.165) is 34.8 Å². The highest BCUT2D eigenvalue weighted by Gasteiger charge is 2.11. The predicted octanol–water partition coefficient (Wildman–Crippen LogP) is 6.49. The number of hydrogen-bond donors (Lipinski definition) is 1. The maximum atomic E-state index is 5.34. The summed E-state index contributed by atoms with van der Waals surface area (Å²) in [6.45, 7) is 2.99. The lowest BCUT2D eigenvalue weighted by molar-refractivity contribution is 0.415. The second-order valence-corrected chi connectivity index (χ2v) is 8.68. The first-order valence-corrected chi connectivity index (χ1v) is 11.6. The minimum atomic E-state index is 0.845. The van der Waals surface area contributed by atoms with Crippen LogP contribution in [0.4, 0.5) is 5.69 Å². The molecule has 0 unspecified atom stereocenters. The summed E-state index contributed by atoms with van der Waals surface area (Å²) in [6.07, 6.45) is 3.06. The van der Waals surface area contributed by atoms with Gasteiger partial charge in [-0.15, -0.1) is 11.3 Å². The summed E-state index contributed by atoms with van der Waals surface area (Å²) < 4.78 is 7.67. The molecule has 0 atom stereocenters. The van der Waals surface area contributed by atoms with Gasteiger partial charge in [0.2, 0.25) is 0 Å². The monoisotopic (exact) mass is 439 g/mol. The molecule has 0 aliphatic carbocycles. The van der Waals surface area contributed by atoms with E-state index in [2.05, 4.69) is 58.4 Å². The van der Waals surface area contributed by atoms with Crippen molar-refractivity contribution in [2.75, 3.05) is 7.11 Å². The van der Waals surface area contributed by atoms with Gasteiger partial charge in [-0.3, -0.25) is 0 Å². The number of aromatic nitrogens is 2. The first-order valence-electron chi connectivity index (χ1n) is 10.7. The molecule has 32 heavy (non-hydrogen) atoms. The first-order chi connectivity index (χ1) is 15.7. The molecule has 5 aromatic rings. The number of benzene rings is 3. The molecule has 0 aliphatic rings. The maximum Gasteiger partial charge on any atom is 0.190 e. The van der Waals surface area contributed by atoms with Gasteiger partial charge in [-0.25, -0.2) is 4.99 Å². The van der Waals surface area contributed by atoms with Crippen molar-refractivity contribution in [3.8, 4) is 17.0 Å². The van der Waals surface area contributed by atoms with Crippen molar-refractivity contribution in [2.45, 2.75) is 19.9 Å². The molecule has 160 valence electrons. The van der Waals surface area contributed by atoms with Crippen molar-refractivity contribution in [3.63, 3.8) is 0 Å². The summed E-state index contributed by atoms with van der Waals surface area (Å²) in [6, 6.07) is 24.9. The fourth-order valence-corrected chi connectivity index (χ4v) is 4.93. The molecule has 5 rings (SSSR count). The molecule has 0 amide bonds. The molecule has 0 aliphatic heterocycles. The van der Waals surface area contributed by atoms with Crippen LogP contribution < -0.4 is 9.54 Å². The van der Waals surface area contributed by atoms with E-state index >= 15 is 0 Å². The van der Waals surface area contributed by atoms with E-state index in [1.54, 1.807) is 18.4 Å². The molecule has 1 N–H and O–H groups in total. The third kappa shape index (κ3) is 4.12. The van der Waals surface area contributed by atoms with Gasteiger partial charge in [0.05, 0.1) is 18.5 Å². The second kappa shape index (κ2) is 8.89. The Balaban J connectivity index is 1.55. The van der Waals surface area contributed by atoms with Crippen LogP contribution in [0.3, 0.4) is 0 Å². The van der Waals surface area contributed by atoms with E-state index < -0.39 is 0 Å². The fourth-order valence-electron chi connectivity index (χ4n) is 3.97. The number of rotatable bonds is 6. The zero-order valence-corrected chi connectivity index (χ0v) is 19.0. The van der Waals surface area contributed by atoms with E-state index in [1.807, 2.05) is 42.5 Å². The number of nitrogens with zero attached hydrogens (tertiary/aromatic N) is 2. The largest absolute Gasteiger partial charge is 0.497 e. The molecular formula is C27H25N3OS. The molecule has 0 radical (unpaired) electrons. The number of para-hydroxylation sites is 1. The topological polar surface area (TPSA) is 42.3 Å². The van der Waals surface area contributed by atoms with Crippen LogP contribution in [0.15, 0.2) is 89.4 Å². The lowest BCUT2D eigenvalue weighted by Crippen LogP contribution is -2.17. The number of methoxy groups -OCH3 is 1. The van der Waals surface area contributed by atoms with Crippen LogP contribution in [-0.2, 0) is 13.0 Å². The third-order valence-corrected chi connectivity index (χ3v) is 6.56. The van der Waals surface area contributed by atoms with Crippen molar-refractivity contribution in [1.29, 1.82) is 0 Å². The lowest BCUT2D eigenvalue weighted by atomic mass is 10.1. The van der Waals surface area contributed by atoms with E-state index in [0.29, 0.717) is 0 Å². The summed E-state index contributed by atoms with van der Waals surface area (Å²) >= 11 is 1.68. The smallest absolute Gasteiger partial charge is 0.190 e. The molecule has 0 bridgehead atoms. The SMILES string of the molecule is COc1ccc(-c2csc(=Nc3ccccc3)n2CCc2c[nH]c3ccc(C)cc23)cc1.